The van der Waals surface area contributed by atoms with Gasteiger partial charge < -0.3 is 28.5 Å². The van der Waals surface area contributed by atoms with Gasteiger partial charge in [-0.25, -0.2) is 0 Å². The lowest BCUT2D eigenvalue weighted by atomic mass is 10.2. The Morgan fingerprint density at radius 1 is 0.467 bits per heavy atom. The van der Waals surface area contributed by atoms with E-state index < -0.39 is 0 Å². The topological polar surface area (TPSA) is 88.1 Å². The average Bonchev–Trinajstić information content (AvgIpc) is 2.73. The predicted octanol–water partition coefficient (Wildman–Crippen LogP) is 4.44. The zero-order valence-electron chi connectivity index (χ0n) is 20.8. The maximum atomic E-state index is 10.6. The predicted molar refractivity (Wildman–Crippen MR) is 122 cm³/mol. The fourth-order valence-electron chi connectivity index (χ4n) is 1.47. The van der Waals surface area contributed by atoms with Gasteiger partial charge in [0.05, 0.1) is 46.2 Å². The Labute approximate surface area is 185 Å². The van der Waals surface area contributed by atoms with Crippen LogP contribution in [0.1, 0.15) is 81.1 Å². The lowest BCUT2D eigenvalue weighted by molar-refractivity contribution is -0.122. The molecule has 0 fully saturated rings. The van der Waals surface area contributed by atoms with Crippen molar-refractivity contribution in [2.45, 2.75) is 81.1 Å². The van der Waals surface area contributed by atoms with Gasteiger partial charge in [0.1, 0.15) is 17.3 Å². The third-order valence-electron chi connectivity index (χ3n) is 2.89. The minimum absolute atomic E-state index is 0.0835. The van der Waals surface area contributed by atoms with Crippen LogP contribution >= 0.6 is 0 Å². The summed E-state index contributed by atoms with van der Waals surface area (Å²) in [5.41, 5.74) is 0. The van der Waals surface area contributed by atoms with Gasteiger partial charge in [-0.05, 0) is 27.2 Å². The van der Waals surface area contributed by atoms with Gasteiger partial charge in [-0.1, -0.05) is 34.6 Å². The molecule has 0 atom stereocenters. The molecule has 0 aliphatic rings. The van der Waals surface area contributed by atoms with Crippen molar-refractivity contribution in [2.75, 3.05) is 52.9 Å². The van der Waals surface area contributed by atoms with E-state index in [1.807, 2.05) is 27.7 Å². The summed E-state index contributed by atoms with van der Waals surface area (Å²) in [6.45, 7) is 19.3. The normalized spacial score (nSPS) is 9.20. The van der Waals surface area contributed by atoms with E-state index in [4.69, 9.17) is 18.9 Å². The van der Waals surface area contributed by atoms with Crippen LogP contribution in [0.5, 0.6) is 0 Å². The summed E-state index contributed by atoms with van der Waals surface area (Å²) in [5, 5.41) is 0. The molecule has 0 unspecified atom stereocenters. The number of carbonyl (C=O) groups excluding carboxylic acids is 3. The Morgan fingerprint density at radius 2 is 0.733 bits per heavy atom. The molecule has 0 aliphatic carbocycles. The Balaban J connectivity index is -0.000000235. The van der Waals surface area contributed by atoms with Gasteiger partial charge in [-0.3, -0.25) is 4.79 Å². The first-order valence-corrected chi connectivity index (χ1v) is 11.2. The molecule has 0 aromatic heterocycles. The first-order valence-electron chi connectivity index (χ1n) is 11.2. The molecule has 182 valence electrons. The molecule has 0 amide bonds. The maximum absolute atomic E-state index is 10.6. The van der Waals surface area contributed by atoms with Crippen molar-refractivity contribution in [3.63, 3.8) is 0 Å². The monoisotopic (exact) mass is 436 g/mol. The molecule has 7 nitrogen and oxygen atoms in total. The molecule has 30 heavy (non-hydrogen) atoms. The van der Waals surface area contributed by atoms with Crippen molar-refractivity contribution < 1.29 is 33.3 Å². The third-order valence-corrected chi connectivity index (χ3v) is 2.89. The molecule has 0 aromatic carbocycles. The smallest absolute Gasteiger partial charge is 0.132 e. The number of Topliss-reactive ketones (excluding diaryl/α,β-unsaturated/α-hetero) is 3. The molecule has 0 heterocycles. The largest absolute Gasteiger partial charge is 0.379 e. The second-order valence-corrected chi connectivity index (χ2v) is 5.81. The highest BCUT2D eigenvalue weighted by molar-refractivity contribution is 5.83. The number of ether oxygens (including phenoxy) is 4. The molecule has 0 saturated carbocycles. The van der Waals surface area contributed by atoms with E-state index in [1.54, 1.807) is 6.92 Å². The van der Waals surface area contributed by atoms with Crippen molar-refractivity contribution in [3.8, 4) is 0 Å². The first kappa shape index (κ1) is 36.2. The van der Waals surface area contributed by atoms with E-state index in [-0.39, 0.29) is 17.3 Å². The molecule has 0 rings (SSSR count). The van der Waals surface area contributed by atoms with Gasteiger partial charge in [-0.2, -0.15) is 0 Å². The first-order chi connectivity index (χ1) is 14.4. The molecule has 0 aromatic rings. The van der Waals surface area contributed by atoms with Gasteiger partial charge in [-0.15, -0.1) is 0 Å². The molecule has 0 spiro atoms. The summed E-state index contributed by atoms with van der Waals surface area (Å²) in [5.74, 6) is 0.315. The van der Waals surface area contributed by atoms with Gasteiger partial charge in [0.25, 0.3) is 0 Å². The van der Waals surface area contributed by atoms with Crippen LogP contribution in [0.25, 0.3) is 0 Å². The standard InChI is InChI=1S/C13H26O5.C6H10O2.2C2H6/c1-3-5-15-7-9-17-11-12-18-10-8-16-6-4-13(2)14;1-5(7)3-4-6(2)8;2*1-2/h3-12H2,1-2H3;3-4H2,1-2H3;2*1-2H3. The van der Waals surface area contributed by atoms with Crippen LogP contribution in [-0.2, 0) is 33.3 Å². The highest BCUT2D eigenvalue weighted by atomic mass is 16.6. The molecule has 7 heteroatoms. The highest BCUT2D eigenvalue weighted by Gasteiger charge is 1.95. The van der Waals surface area contributed by atoms with Crippen LogP contribution in [0.2, 0.25) is 0 Å². The number of carbonyl (C=O) groups is 3. The third kappa shape index (κ3) is 50.5. The maximum Gasteiger partial charge on any atom is 0.132 e. The van der Waals surface area contributed by atoms with Crippen molar-refractivity contribution in [3.05, 3.63) is 0 Å². The van der Waals surface area contributed by atoms with Gasteiger partial charge in [0.2, 0.25) is 0 Å². The average molecular weight is 437 g/mol. The molecular weight excluding hydrogens is 388 g/mol. The van der Waals surface area contributed by atoms with Crippen molar-refractivity contribution in [1.29, 1.82) is 0 Å². The summed E-state index contributed by atoms with van der Waals surface area (Å²) < 4.78 is 21.1. The van der Waals surface area contributed by atoms with E-state index in [1.165, 1.54) is 13.8 Å². The van der Waals surface area contributed by atoms with Crippen LogP contribution in [-0.4, -0.2) is 70.2 Å². The number of rotatable bonds is 17. The fourth-order valence-corrected chi connectivity index (χ4v) is 1.47. The van der Waals surface area contributed by atoms with E-state index in [9.17, 15) is 14.4 Å². The summed E-state index contributed by atoms with van der Waals surface area (Å²) in [6.07, 6.45) is 2.30. The zero-order chi connectivity index (χ0) is 24.0. The summed E-state index contributed by atoms with van der Waals surface area (Å²) in [6, 6.07) is 0. The summed E-state index contributed by atoms with van der Waals surface area (Å²) in [7, 11) is 0. The van der Waals surface area contributed by atoms with Crippen molar-refractivity contribution >= 4 is 17.3 Å². The van der Waals surface area contributed by atoms with E-state index >= 15 is 0 Å². The fraction of sp³-hybridized carbons (Fsp3) is 0.870. The summed E-state index contributed by atoms with van der Waals surface area (Å²) >= 11 is 0. The van der Waals surface area contributed by atoms with Crippen molar-refractivity contribution in [1.82, 2.24) is 0 Å². The van der Waals surface area contributed by atoms with Crippen LogP contribution < -0.4 is 0 Å². The molecule has 0 N–H and O–H groups in total. The Morgan fingerprint density at radius 3 is 1.00 bits per heavy atom. The molecule has 0 aliphatic heterocycles. The molecular formula is C23H48O7. The van der Waals surface area contributed by atoms with Crippen molar-refractivity contribution in [2.24, 2.45) is 0 Å². The second-order valence-electron chi connectivity index (χ2n) is 5.81. The highest BCUT2D eigenvalue weighted by Crippen LogP contribution is 1.89. The Hall–Kier alpha value is -1.15. The van der Waals surface area contributed by atoms with Crippen LogP contribution in [0, 0.1) is 0 Å². The number of hydrogen-bond acceptors (Lipinski definition) is 7. The van der Waals surface area contributed by atoms with E-state index in [2.05, 4.69) is 6.92 Å². The minimum Gasteiger partial charge on any atom is -0.379 e. The summed E-state index contributed by atoms with van der Waals surface area (Å²) in [4.78, 5) is 31.0. The second kappa shape index (κ2) is 35.3. The number of ketones is 3. The lowest BCUT2D eigenvalue weighted by Crippen LogP contribution is -2.12. The van der Waals surface area contributed by atoms with E-state index in [0.717, 1.165) is 13.0 Å². The van der Waals surface area contributed by atoms with Crippen LogP contribution in [0.15, 0.2) is 0 Å². The lowest BCUT2D eigenvalue weighted by Gasteiger charge is -2.06. The molecule has 0 saturated heterocycles. The van der Waals surface area contributed by atoms with Gasteiger partial charge >= 0.3 is 0 Å². The SMILES string of the molecule is CC.CC.CC(=O)CCC(C)=O.CCCOCCOCCOCCOCCC(C)=O. The van der Waals surface area contributed by atoms with Crippen LogP contribution in [0.3, 0.4) is 0 Å². The van der Waals surface area contributed by atoms with Gasteiger partial charge in [0, 0.05) is 25.9 Å². The minimum atomic E-state index is 0.0835. The quantitative estimate of drug-likeness (QED) is 0.311. The van der Waals surface area contributed by atoms with Crippen LogP contribution in [0.4, 0.5) is 0 Å². The Bertz CT molecular complexity index is 343. The Kier molecular flexibility index (Phi) is 42.6. The molecule has 0 bridgehead atoms. The molecule has 0 radical (unpaired) electrons. The van der Waals surface area contributed by atoms with E-state index in [0.29, 0.717) is 65.5 Å². The zero-order valence-corrected chi connectivity index (χ0v) is 20.8. The number of hydrogen-bond donors (Lipinski definition) is 0. The van der Waals surface area contributed by atoms with Gasteiger partial charge in [0.15, 0.2) is 0 Å².